The van der Waals surface area contributed by atoms with Gasteiger partial charge in [-0.25, -0.2) is 9.97 Å². The van der Waals surface area contributed by atoms with Crippen LogP contribution >= 0.6 is 11.6 Å². The molecule has 0 amide bonds. The van der Waals surface area contributed by atoms with E-state index in [1.54, 1.807) is 0 Å². The first kappa shape index (κ1) is 12.4. The highest BCUT2D eigenvalue weighted by molar-refractivity contribution is 6.33. The van der Waals surface area contributed by atoms with Crippen molar-refractivity contribution in [2.75, 3.05) is 18.2 Å². The number of nitrogens with one attached hydrogen (secondary N) is 1. The zero-order valence-electron chi connectivity index (χ0n) is 10.1. The van der Waals surface area contributed by atoms with Gasteiger partial charge in [0.1, 0.15) is 6.33 Å². The van der Waals surface area contributed by atoms with Gasteiger partial charge in [0.15, 0.2) is 11.6 Å². The van der Waals surface area contributed by atoms with Gasteiger partial charge in [-0.05, 0) is 24.6 Å². The zero-order valence-corrected chi connectivity index (χ0v) is 10.8. The number of hydrogen-bond acceptors (Lipinski definition) is 5. The molecule has 18 heavy (non-hydrogen) atoms. The SMILES string of the molecule is COc1c(N)ncnc1Nc1ccc(C)cc1Cl. The van der Waals surface area contributed by atoms with Gasteiger partial charge in [0.25, 0.3) is 0 Å². The van der Waals surface area contributed by atoms with Crippen LogP contribution < -0.4 is 15.8 Å². The number of hydrogen-bond donors (Lipinski definition) is 2. The van der Waals surface area contributed by atoms with E-state index in [9.17, 15) is 0 Å². The van der Waals surface area contributed by atoms with Gasteiger partial charge in [0.2, 0.25) is 5.75 Å². The Labute approximate surface area is 110 Å². The molecule has 94 valence electrons. The Kier molecular flexibility index (Phi) is 3.53. The third-order valence-corrected chi connectivity index (χ3v) is 2.73. The number of nitrogens with zero attached hydrogens (tertiary/aromatic N) is 2. The molecule has 6 heteroatoms. The van der Waals surface area contributed by atoms with E-state index in [4.69, 9.17) is 22.1 Å². The van der Waals surface area contributed by atoms with E-state index < -0.39 is 0 Å². The number of ether oxygens (including phenoxy) is 1. The molecule has 1 heterocycles. The Morgan fingerprint density at radius 3 is 2.78 bits per heavy atom. The first-order valence-electron chi connectivity index (χ1n) is 5.29. The molecule has 1 aromatic carbocycles. The van der Waals surface area contributed by atoms with E-state index >= 15 is 0 Å². The molecule has 0 bridgehead atoms. The summed E-state index contributed by atoms with van der Waals surface area (Å²) in [7, 11) is 1.51. The zero-order chi connectivity index (χ0) is 13.1. The van der Waals surface area contributed by atoms with Crippen molar-refractivity contribution in [2.24, 2.45) is 0 Å². The molecule has 0 fully saturated rings. The molecule has 2 aromatic rings. The molecule has 0 aliphatic carbocycles. The first-order valence-corrected chi connectivity index (χ1v) is 5.67. The predicted molar refractivity (Wildman–Crippen MR) is 72.5 cm³/mol. The molecule has 0 aliphatic heterocycles. The summed E-state index contributed by atoms with van der Waals surface area (Å²) in [6.45, 7) is 1.97. The molecule has 0 saturated carbocycles. The van der Waals surface area contributed by atoms with Crippen molar-refractivity contribution in [3.05, 3.63) is 35.1 Å². The number of anilines is 3. The largest absolute Gasteiger partial charge is 0.490 e. The molecule has 0 atom stereocenters. The topological polar surface area (TPSA) is 73.1 Å². The highest BCUT2D eigenvalue weighted by Gasteiger charge is 2.11. The molecule has 1 aromatic heterocycles. The van der Waals surface area contributed by atoms with E-state index in [2.05, 4.69) is 15.3 Å². The van der Waals surface area contributed by atoms with Gasteiger partial charge in [0, 0.05) is 0 Å². The van der Waals surface area contributed by atoms with Crippen LogP contribution in [0.25, 0.3) is 0 Å². The van der Waals surface area contributed by atoms with Crippen molar-refractivity contribution >= 4 is 28.9 Å². The molecule has 3 N–H and O–H groups in total. The maximum Gasteiger partial charge on any atom is 0.204 e. The van der Waals surface area contributed by atoms with Crippen LogP contribution in [0.15, 0.2) is 24.5 Å². The summed E-state index contributed by atoms with van der Waals surface area (Å²) in [4.78, 5) is 7.94. The van der Waals surface area contributed by atoms with Gasteiger partial charge in [-0.3, -0.25) is 0 Å². The van der Waals surface area contributed by atoms with Crippen molar-refractivity contribution < 1.29 is 4.74 Å². The average molecular weight is 265 g/mol. The minimum absolute atomic E-state index is 0.276. The lowest BCUT2D eigenvalue weighted by Gasteiger charge is -2.12. The molecule has 0 aliphatic rings. The van der Waals surface area contributed by atoms with Crippen LogP contribution in [0.1, 0.15) is 5.56 Å². The minimum Gasteiger partial charge on any atom is -0.490 e. The Morgan fingerprint density at radius 1 is 1.33 bits per heavy atom. The quantitative estimate of drug-likeness (QED) is 0.892. The highest BCUT2D eigenvalue weighted by atomic mass is 35.5. The van der Waals surface area contributed by atoms with Crippen LogP contribution in [-0.4, -0.2) is 17.1 Å². The van der Waals surface area contributed by atoms with Gasteiger partial charge in [-0.1, -0.05) is 17.7 Å². The van der Waals surface area contributed by atoms with Gasteiger partial charge in [-0.15, -0.1) is 0 Å². The van der Waals surface area contributed by atoms with Crippen LogP contribution in [0, 0.1) is 6.92 Å². The summed E-state index contributed by atoms with van der Waals surface area (Å²) in [5.41, 5.74) is 7.52. The second kappa shape index (κ2) is 5.10. The van der Waals surface area contributed by atoms with E-state index in [1.165, 1.54) is 13.4 Å². The summed E-state index contributed by atoms with van der Waals surface area (Å²) >= 11 is 6.14. The van der Waals surface area contributed by atoms with Crippen molar-refractivity contribution in [3.8, 4) is 5.75 Å². The number of benzene rings is 1. The smallest absolute Gasteiger partial charge is 0.204 e. The summed E-state index contributed by atoms with van der Waals surface area (Å²) in [5.74, 6) is 1.16. The molecule has 0 unspecified atom stereocenters. The summed E-state index contributed by atoms with van der Waals surface area (Å²) in [5, 5.41) is 3.68. The van der Waals surface area contributed by atoms with Gasteiger partial charge in [0.05, 0.1) is 17.8 Å². The molecule has 0 radical (unpaired) electrons. The van der Waals surface area contributed by atoms with E-state index in [0.717, 1.165) is 11.3 Å². The van der Waals surface area contributed by atoms with Crippen molar-refractivity contribution in [2.45, 2.75) is 6.92 Å². The van der Waals surface area contributed by atoms with Crippen LogP contribution in [0.5, 0.6) is 5.75 Å². The lowest BCUT2D eigenvalue weighted by atomic mass is 10.2. The van der Waals surface area contributed by atoms with E-state index in [0.29, 0.717) is 16.6 Å². The van der Waals surface area contributed by atoms with Crippen molar-refractivity contribution in [1.29, 1.82) is 0 Å². The van der Waals surface area contributed by atoms with Crippen molar-refractivity contribution in [3.63, 3.8) is 0 Å². The minimum atomic E-state index is 0.276. The fourth-order valence-electron chi connectivity index (χ4n) is 1.53. The molecule has 2 rings (SSSR count). The number of aromatic nitrogens is 2. The fraction of sp³-hybridized carbons (Fsp3) is 0.167. The second-order valence-corrected chi connectivity index (χ2v) is 4.16. The van der Waals surface area contributed by atoms with E-state index in [1.807, 2.05) is 25.1 Å². The van der Waals surface area contributed by atoms with Gasteiger partial charge < -0.3 is 15.8 Å². The highest BCUT2D eigenvalue weighted by Crippen LogP contribution is 2.32. The van der Waals surface area contributed by atoms with Crippen molar-refractivity contribution in [1.82, 2.24) is 9.97 Å². The number of methoxy groups -OCH3 is 1. The number of nitrogens with two attached hydrogens (primary N) is 1. The van der Waals surface area contributed by atoms with Crippen LogP contribution in [-0.2, 0) is 0 Å². The summed E-state index contributed by atoms with van der Waals surface area (Å²) in [6.07, 6.45) is 1.36. The fourth-order valence-corrected chi connectivity index (χ4v) is 1.81. The average Bonchev–Trinajstić information content (AvgIpc) is 2.33. The monoisotopic (exact) mass is 264 g/mol. The number of halogens is 1. The maximum absolute atomic E-state index is 6.14. The van der Waals surface area contributed by atoms with E-state index in [-0.39, 0.29) is 5.82 Å². The van der Waals surface area contributed by atoms with Crippen LogP contribution in [0.4, 0.5) is 17.3 Å². The number of rotatable bonds is 3. The molecular formula is C12H13ClN4O. The third-order valence-electron chi connectivity index (χ3n) is 2.41. The Bertz CT molecular complexity index is 574. The summed E-state index contributed by atoms with van der Waals surface area (Å²) in [6, 6.07) is 5.68. The second-order valence-electron chi connectivity index (χ2n) is 3.75. The Morgan fingerprint density at radius 2 is 2.11 bits per heavy atom. The number of aryl methyl sites for hydroxylation is 1. The molecule has 0 spiro atoms. The molecule has 5 nitrogen and oxygen atoms in total. The Hall–Kier alpha value is -2.01. The van der Waals surface area contributed by atoms with Gasteiger partial charge >= 0.3 is 0 Å². The first-order chi connectivity index (χ1) is 8.61. The third kappa shape index (κ3) is 2.46. The lowest BCUT2D eigenvalue weighted by Crippen LogP contribution is -2.03. The Balaban J connectivity index is 2.37. The number of nitrogen functional groups attached to an aromatic ring is 1. The maximum atomic E-state index is 6.14. The predicted octanol–water partition coefficient (Wildman–Crippen LogP) is 2.77. The molecule has 0 saturated heterocycles. The lowest BCUT2D eigenvalue weighted by molar-refractivity contribution is 0.415. The molecular weight excluding hydrogens is 252 g/mol. The normalized spacial score (nSPS) is 10.2. The van der Waals surface area contributed by atoms with Crippen LogP contribution in [0.2, 0.25) is 5.02 Å². The van der Waals surface area contributed by atoms with Gasteiger partial charge in [-0.2, -0.15) is 0 Å². The standard InChI is InChI=1S/C12H13ClN4O/c1-7-3-4-9(8(13)5-7)17-12-10(18-2)11(14)15-6-16-12/h3-6H,1-2H3,(H3,14,15,16,17). The summed E-state index contributed by atoms with van der Waals surface area (Å²) < 4.78 is 5.16. The van der Waals surface area contributed by atoms with Crippen LogP contribution in [0.3, 0.4) is 0 Å².